The molecule has 7 heteroatoms. The van der Waals surface area contributed by atoms with Crippen LogP contribution >= 0.6 is 11.8 Å². The number of anilines is 1. The first kappa shape index (κ1) is 22.1. The van der Waals surface area contributed by atoms with Crippen molar-refractivity contribution >= 4 is 40.0 Å². The van der Waals surface area contributed by atoms with Gasteiger partial charge in [0.05, 0.1) is 22.3 Å². The van der Waals surface area contributed by atoms with Crippen molar-refractivity contribution < 1.29 is 9.59 Å². The molecule has 6 nitrogen and oxygen atoms in total. The number of carbonyl (C=O) groups is 2. The first-order chi connectivity index (χ1) is 16.4. The summed E-state index contributed by atoms with van der Waals surface area (Å²) in [5, 5.41) is 3.85. The van der Waals surface area contributed by atoms with Crippen molar-refractivity contribution in [3.05, 3.63) is 93.3 Å². The van der Waals surface area contributed by atoms with Gasteiger partial charge in [0, 0.05) is 17.7 Å². The minimum atomic E-state index is -0.159. The second-order valence-electron chi connectivity index (χ2n) is 8.45. The summed E-state index contributed by atoms with van der Waals surface area (Å²) in [5.41, 5.74) is 5.70. The maximum Gasteiger partial charge on any atom is 0.266 e. The molecule has 0 saturated heterocycles. The number of nitrogens with one attached hydrogen (secondary N) is 1. The van der Waals surface area contributed by atoms with Crippen molar-refractivity contribution in [2.45, 2.75) is 31.8 Å². The first-order valence-electron chi connectivity index (χ1n) is 11.1. The van der Waals surface area contributed by atoms with Crippen LogP contribution in [0.25, 0.3) is 16.6 Å². The van der Waals surface area contributed by atoms with Gasteiger partial charge in [-0.25, -0.2) is 4.98 Å². The highest BCUT2D eigenvalue weighted by Gasteiger charge is 2.19. The van der Waals surface area contributed by atoms with Gasteiger partial charge in [0.15, 0.2) is 10.9 Å². The summed E-state index contributed by atoms with van der Waals surface area (Å²) < 4.78 is 1.59. The van der Waals surface area contributed by atoms with Gasteiger partial charge in [-0.15, -0.1) is 0 Å². The van der Waals surface area contributed by atoms with E-state index in [0.717, 1.165) is 28.1 Å². The Morgan fingerprint density at radius 2 is 1.82 bits per heavy atom. The van der Waals surface area contributed by atoms with Crippen molar-refractivity contribution in [1.29, 1.82) is 0 Å². The third-order valence-electron chi connectivity index (χ3n) is 6.15. The summed E-state index contributed by atoms with van der Waals surface area (Å²) in [6, 6.07) is 18.5. The number of hydrogen-bond acceptors (Lipinski definition) is 5. The first-order valence-corrected chi connectivity index (χ1v) is 12.1. The Balaban J connectivity index is 1.50. The van der Waals surface area contributed by atoms with Crippen LogP contribution in [0.4, 0.5) is 5.69 Å². The molecule has 1 amide bonds. The Morgan fingerprint density at radius 3 is 2.65 bits per heavy atom. The molecular weight excluding hydrogens is 446 g/mol. The molecule has 0 atom stereocenters. The van der Waals surface area contributed by atoms with Crippen molar-refractivity contribution in [3.8, 4) is 5.69 Å². The van der Waals surface area contributed by atoms with E-state index >= 15 is 0 Å². The van der Waals surface area contributed by atoms with Crippen LogP contribution in [0.3, 0.4) is 0 Å². The lowest BCUT2D eigenvalue weighted by atomic mass is 9.99. The Hall–Kier alpha value is -3.71. The van der Waals surface area contributed by atoms with E-state index in [9.17, 15) is 14.4 Å². The highest BCUT2D eigenvalue weighted by Crippen LogP contribution is 2.26. The number of thioether (sulfide) groups is 1. The molecule has 170 valence electrons. The Bertz CT molecular complexity index is 1520. The highest BCUT2D eigenvalue weighted by atomic mass is 32.2. The second kappa shape index (κ2) is 8.91. The number of fused-ring (bicyclic) bond motifs is 2. The van der Waals surface area contributed by atoms with Crippen LogP contribution in [0, 0.1) is 13.8 Å². The Kier molecular flexibility index (Phi) is 5.79. The maximum absolute atomic E-state index is 13.4. The van der Waals surface area contributed by atoms with E-state index in [1.54, 1.807) is 22.8 Å². The lowest BCUT2D eigenvalue weighted by Crippen LogP contribution is -2.22. The van der Waals surface area contributed by atoms with Crippen LogP contribution in [-0.4, -0.2) is 27.0 Å². The van der Waals surface area contributed by atoms with E-state index in [4.69, 9.17) is 4.98 Å². The minimum Gasteiger partial charge on any atom is -0.326 e. The van der Waals surface area contributed by atoms with E-state index in [2.05, 4.69) is 5.32 Å². The predicted molar refractivity (Wildman–Crippen MR) is 135 cm³/mol. The molecule has 1 N–H and O–H groups in total. The van der Waals surface area contributed by atoms with Crippen molar-refractivity contribution in [2.75, 3.05) is 11.1 Å². The number of hydrogen-bond donors (Lipinski definition) is 1. The third-order valence-corrected chi connectivity index (χ3v) is 7.09. The molecule has 34 heavy (non-hydrogen) atoms. The van der Waals surface area contributed by atoms with Gasteiger partial charge in [0.1, 0.15) is 0 Å². The quantitative estimate of drug-likeness (QED) is 0.256. The number of nitrogens with zero attached hydrogens (tertiary/aromatic N) is 2. The number of para-hydroxylation sites is 1. The molecule has 1 aliphatic rings. The summed E-state index contributed by atoms with van der Waals surface area (Å²) in [4.78, 5) is 42.8. The van der Waals surface area contributed by atoms with Crippen LogP contribution in [0.15, 0.2) is 70.6 Å². The fourth-order valence-corrected chi connectivity index (χ4v) is 4.98. The molecule has 3 aromatic carbocycles. The van der Waals surface area contributed by atoms with Gasteiger partial charge in [0.25, 0.3) is 5.56 Å². The summed E-state index contributed by atoms with van der Waals surface area (Å²) in [6.45, 7) is 4.03. The Morgan fingerprint density at radius 1 is 1.00 bits per heavy atom. The number of rotatable bonds is 5. The molecule has 4 aromatic rings. The van der Waals surface area contributed by atoms with Crippen LogP contribution in [0.5, 0.6) is 0 Å². The summed E-state index contributed by atoms with van der Waals surface area (Å²) in [6.07, 6.45) is 1.04. The lowest BCUT2D eigenvalue weighted by Gasteiger charge is -2.17. The zero-order chi connectivity index (χ0) is 23.8. The molecule has 0 unspecified atom stereocenters. The van der Waals surface area contributed by atoms with Gasteiger partial charge < -0.3 is 5.32 Å². The normalized spacial score (nSPS) is 12.9. The fourth-order valence-electron chi connectivity index (χ4n) is 4.07. The third kappa shape index (κ3) is 4.15. The highest BCUT2D eigenvalue weighted by molar-refractivity contribution is 7.99. The number of ketones is 1. The summed E-state index contributed by atoms with van der Waals surface area (Å²) in [5.74, 6) is 0.0772. The van der Waals surface area contributed by atoms with E-state index < -0.39 is 0 Å². The zero-order valence-corrected chi connectivity index (χ0v) is 19.7. The number of benzene rings is 3. The largest absolute Gasteiger partial charge is 0.326 e. The van der Waals surface area contributed by atoms with Gasteiger partial charge in [-0.3, -0.25) is 19.0 Å². The molecule has 0 bridgehead atoms. The van der Waals surface area contributed by atoms with Crippen LogP contribution in [-0.2, 0) is 11.2 Å². The average molecular weight is 470 g/mol. The summed E-state index contributed by atoms with van der Waals surface area (Å²) >= 11 is 1.25. The van der Waals surface area contributed by atoms with Gasteiger partial charge in [0.2, 0.25) is 5.91 Å². The summed E-state index contributed by atoms with van der Waals surface area (Å²) in [7, 11) is 0. The van der Waals surface area contributed by atoms with E-state index in [0.29, 0.717) is 34.5 Å². The standard InChI is InChI=1S/C27H23N3O3S/c1-16-7-10-20(13-17(16)2)30-26(33)21-5-3-4-6-23(21)29-27(30)34-15-24(31)19-8-11-22-18(14-19)9-12-25(32)28-22/h3-8,10-11,13-14H,9,12,15H2,1-2H3,(H,28,32). The van der Waals surface area contributed by atoms with E-state index in [-0.39, 0.29) is 23.0 Å². The minimum absolute atomic E-state index is 0.00572. The number of aromatic nitrogens is 2. The van der Waals surface area contributed by atoms with E-state index in [1.165, 1.54) is 11.8 Å². The van der Waals surface area contributed by atoms with Gasteiger partial charge in [-0.2, -0.15) is 0 Å². The zero-order valence-electron chi connectivity index (χ0n) is 18.9. The monoisotopic (exact) mass is 469 g/mol. The average Bonchev–Trinajstić information content (AvgIpc) is 2.84. The van der Waals surface area contributed by atoms with Crippen molar-refractivity contribution in [3.63, 3.8) is 0 Å². The van der Waals surface area contributed by atoms with Gasteiger partial charge in [-0.05, 0) is 79.4 Å². The van der Waals surface area contributed by atoms with Crippen LogP contribution in [0.2, 0.25) is 0 Å². The topological polar surface area (TPSA) is 81.1 Å². The molecule has 0 aliphatic carbocycles. The Labute approximate surface area is 201 Å². The smallest absolute Gasteiger partial charge is 0.266 e. The van der Waals surface area contributed by atoms with E-state index in [1.807, 2.05) is 56.3 Å². The number of Topliss-reactive ketones (excluding diaryl/α,β-unsaturated/α-hetero) is 1. The van der Waals surface area contributed by atoms with Crippen molar-refractivity contribution in [2.24, 2.45) is 0 Å². The number of amides is 1. The SMILES string of the molecule is Cc1ccc(-n2c(SCC(=O)c3ccc4c(c3)CCC(=O)N4)nc3ccccc3c2=O)cc1C. The van der Waals surface area contributed by atoms with Crippen LogP contribution in [0.1, 0.15) is 33.5 Å². The van der Waals surface area contributed by atoms with Gasteiger partial charge >= 0.3 is 0 Å². The molecular formula is C27H23N3O3S. The van der Waals surface area contributed by atoms with Gasteiger partial charge in [-0.1, -0.05) is 30.0 Å². The predicted octanol–water partition coefficient (Wildman–Crippen LogP) is 4.86. The molecule has 5 rings (SSSR count). The fraction of sp³-hybridized carbons (Fsp3) is 0.185. The molecule has 1 aromatic heterocycles. The molecule has 0 fully saturated rings. The maximum atomic E-state index is 13.4. The van der Waals surface area contributed by atoms with Crippen molar-refractivity contribution in [1.82, 2.24) is 9.55 Å². The molecule has 1 aliphatic heterocycles. The molecule has 2 heterocycles. The number of aryl methyl sites for hydroxylation is 3. The molecule has 0 saturated carbocycles. The molecule has 0 radical (unpaired) electrons. The van der Waals surface area contributed by atoms with Crippen LogP contribution < -0.4 is 10.9 Å². The molecule has 0 spiro atoms. The second-order valence-corrected chi connectivity index (χ2v) is 9.40. The lowest BCUT2D eigenvalue weighted by molar-refractivity contribution is -0.116. The number of carbonyl (C=O) groups excluding carboxylic acids is 2.